The van der Waals surface area contributed by atoms with Crippen LogP contribution in [0.3, 0.4) is 0 Å². The van der Waals surface area contributed by atoms with Crippen LogP contribution >= 0.6 is 0 Å². The summed E-state index contributed by atoms with van der Waals surface area (Å²) in [5.74, 6) is -3.91. The first kappa shape index (κ1) is 39.0. The molecule has 6 atom stereocenters. The first-order valence-electron chi connectivity index (χ1n) is 18.0. The van der Waals surface area contributed by atoms with E-state index in [1.54, 1.807) is 27.7 Å². The normalized spacial score (nSPS) is 22.4. The second kappa shape index (κ2) is 16.2. The Morgan fingerprint density at radius 3 is 1.87 bits per heavy atom. The topological polar surface area (TPSA) is 169 Å². The summed E-state index contributed by atoms with van der Waals surface area (Å²) in [5.41, 5.74) is -1.25. The van der Waals surface area contributed by atoms with Crippen LogP contribution in [0.25, 0.3) is 0 Å². The average molecular weight is 728 g/mol. The molecule has 3 aromatic carbocycles. The fourth-order valence-corrected chi connectivity index (χ4v) is 7.78. The second-order valence-electron chi connectivity index (χ2n) is 14.6. The molecule has 0 saturated heterocycles. The molecule has 12 heteroatoms. The first-order chi connectivity index (χ1) is 25.3. The summed E-state index contributed by atoms with van der Waals surface area (Å²) in [6.45, 7) is 6.67. The highest BCUT2D eigenvalue weighted by Crippen LogP contribution is 2.64. The molecule has 0 unspecified atom stereocenters. The summed E-state index contributed by atoms with van der Waals surface area (Å²) in [6.07, 6.45) is -2.47. The number of rotatable bonds is 14. The summed E-state index contributed by atoms with van der Waals surface area (Å²) in [7, 11) is 1.25. The molecular weight excluding hydrogens is 678 g/mol. The molecule has 5 rings (SSSR count). The Hall–Kier alpha value is -5.23. The number of aliphatic hydroxyl groups excluding tert-OH is 1. The molecule has 2 aliphatic carbocycles. The molecule has 0 aliphatic heterocycles. The SMILES string of the molecule is CCOC(=O)[C@]1(NC(=O)[C@H](CCC(=O)NC(c2ccccc2)(c2ccccc2)c2ccccc2)NC(=O)OC(C)(C)C)C[C@H](O)[C@H]2[C@H](CC(=O)OC)[C@H]21. The summed E-state index contributed by atoms with van der Waals surface area (Å²) in [5, 5.41) is 19.7. The Morgan fingerprint density at radius 2 is 1.40 bits per heavy atom. The van der Waals surface area contributed by atoms with Gasteiger partial charge >= 0.3 is 18.0 Å². The number of methoxy groups -OCH3 is 1. The van der Waals surface area contributed by atoms with Gasteiger partial charge in [0.25, 0.3) is 0 Å². The molecule has 0 heterocycles. The quantitative estimate of drug-likeness (QED) is 0.107. The molecule has 0 spiro atoms. The highest BCUT2D eigenvalue weighted by Gasteiger charge is 2.73. The van der Waals surface area contributed by atoms with Gasteiger partial charge in [0, 0.05) is 25.2 Å². The number of ether oxygens (including phenoxy) is 3. The molecule has 282 valence electrons. The van der Waals surface area contributed by atoms with E-state index in [-0.39, 0.29) is 32.3 Å². The number of fused-ring (bicyclic) bond motifs is 1. The monoisotopic (exact) mass is 727 g/mol. The van der Waals surface area contributed by atoms with Crippen LogP contribution in [0.2, 0.25) is 0 Å². The van der Waals surface area contributed by atoms with Crippen LogP contribution in [0.1, 0.15) is 70.1 Å². The zero-order chi connectivity index (χ0) is 38.4. The number of carbonyl (C=O) groups is 5. The predicted molar refractivity (Wildman–Crippen MR) is 195 cm³/mol. The number of alkyl carbamates (subject to hydrolysis) is 1. The highest BCUT2D eigenvalue weighted by molar-refractivity contribution is 5.93. The maximum absolute atomic E-state index is 14.2. The van der Waals surface area contributed by atoms with Gasteiger partial charge in [-0.1, -0.05) is 91.0 Å². The van der Waals surface area contributed by atoms with Crippen molar-refractivity contribution in [3.8, 4) is 0 Å². The predicted octanol–water partition coefficient (Wildman–Crippen LogP) is 4.38. The maximum atomic E-state index is 14.2. The summed E-state index contributed by atoms with van der Waals surface area (Å²) in [4.78, 5) is 67.3. The van der Waals surface area contributed by atoms with Crippen molar-refractivity contribution >= 4 is 29.8 Å². The van der Waals surface area contributed by atoms with Crippen LogP contribution in [0.4, 0.5) is 4.79 Å². The van der Waals surface area contributed by atoms with Gasteiger partial charge in [0.15, 0.2) is 0 Å². The molecule has 0 aromatic heterocycles. The molecule has 2 aliphatic rings. The average Bonchev–Trinajstić information content (AvgIpc) is 3.77. The van der Waals surface area contributed by atoms with Gasteiger partial charge in [-0.3, -0.25) is 14.4 Å². The van der Waals surface area contributed by atoms with Crippen molar-refractivity contribution in [1.29, 1.82) is 0 Å². The van der Waals surface area contributed by atoms with E-state index in [2.05, 4.69) is 16.0 Å². The number of hydrogen-bond acceptors (Lipinski definition) is 9. The smallest absolute Gasteiger partial charge is 0.408 e. The van der Waals surface area contributed by atoms with Gasteiger partial charge in [-0.05, 0) is 62.6 Å². The molecule has 0 radical (unpaired) electrons. The zero-order valence-corrected chi connectivity index (χ0v) is 30.8. The zero-order valence-electron chi connectivity index (χ0n) is 30.8. The number of benzene rings is 3. The van der Waals surface area contributed by atoms with Crippen molar-refractivity contribution in [3.63, 3.8) is 0 Å². The lowest BCUT2D eigenvalue weighted by Gasteiger charge is -2.37. The molecule has 3 amide bonds. The Morgan fingerprint density at radius 1 is 0.868 bits per heavy atom. The van der Waals surface area contributed by atoms with Gasteiger partial charge in [0.1, 0.15) is 22.7 Å². The Kier molecular flexibility index (Phi) is 11.9. The van der Waals surface area contributed by atoms with Crippen molar-refractivity contribution in [2.75, 3.05) is 13.7 Å². The lowest BCUT2D eigenvalue weighted by atomic mass is 9.77. The lowest BCUT2D eigenvalue weighted by Crippen LogP contribution is -2.61. The van der Waals surface area contributed by atoms with Crippen LogP contribution in [0.5, 0.6) is 0 Å². The molecule has 0 bridgehead atoms. The summed E-state index contributed by atoms with van der Waals surface area (Å²) in [6, 6.07) is 27.3. The van der Waals surface area contributed by atoms with Crippen molar-refractivity contribution in [2.24, 2.45) is 17.8 Å². The Balaban J connectivity index is 1.44. The molecule has 2 saturated carbocycles. The maximum Gasteiger partial charge on any atom is 0.408 e. The fourth-order valence-electron chi connectivity index (χ4n) is 7.78. The van der Waals surface area contributed by atoms with Crippen molar-refractivity contribution in [3.05, 3.63) is 108 Å². The summed E-state index contributed by atoms with van der Waals surface area (Å²) >= 11 is 0. The molecule has 12 nitrogen and oxygen atoms in total. The van der Waals surface area contributed by atoms with Crippen LogP contribution in [0.15, 0.2) is 91.0 Å². The van der Waals surface area contributed by atoms with E-state index in [4.69, 9.17) is 14.2 Å². The van der Waals surface area contributed by atoms with Gasteiger partial charge in [0.05, 0.1) is 19.8 Å². The van der Waals surface area contributed by atoms with E-state index in [9.17, 15) is 29.1 Å². The number of amides is 3. The van der Waals surface area contributed by atoms with Gasteiger partial charge in [-0.25, -0.2) is 9.59 Å². The Labute approximate surface area is 310 Å². The first-order valence-corrected chi connectivity index (χ1v) is 18.0. The van der Waals surface area contributed by atoms with E-state index in [1.165, 1.54) is 7.11 Å². The van der Waals surface area contributed by atoms with Crippen molar-refractivity contribution < 1.29 is 43.3 Å². The number of esters is 2. The lowest BCUT2D eigenvalue weighted by molar-refractivity contribution is -0.156. The number of carbonyl (C=O) groups excluding carboxylic acids is 5. The van der Waals surface area contributed by atoms with Gasteiger partial charge in [0.2, 0.25) is 11.8 Å². The van der Waals surface area contributed by atoms with Crippen molar-refractivity contribution in [2.45, 2.75) is 82.2 Å². The third-order valence-electron chi connectivity index (χ3n) is 10.0. The van der Waals surface area contributed by atoms with E-state index < -0.39 is 76.4 Å². The van der Waals surface area contributed by atoms with Crippen LogP contribution in [-0.2, 0) is 38.9 Å². The molecule has 3 aromatic rings. The van der Waals surface area contributed by atoms with Crippen LogP contribution < -0.4 is 16.0 Å². The van der Waals surface area contributed by atoms with Gasteiger partial charge < -0.3 is 35.3 Å². The van der Waals surface area contributed by atoms with Crippen LogP contribution in [-0.4, -0.2) is 72.0 Å². The van der Waals surface area contributed by atoms with E-state index in [1.807, 2.05) is 91.0 Å². The Bertz CT molecular complexity index is 1670. The third-order valence-corrected chi connectivity index (χ3v) is 10.0. The summed E-state index contributed by atoms with van der Waals surface area (Å²) < 4.78 is 15.7. The number of nitrogens with one attached hydrogen (secondary N) is 3. The molecule has 4 N–H and O–H groups in total. The fraction of sp³-hybridized carbons (Fsp3) is 0.439. The molecule has 2 fully saturated rings. The molecule has 53 heavy (non-hydrogen) atoms. The van der Waals surface area contributed by atoms with E-state index in [0.717, 1.165) is 16.7 Å². The van der Waals surface area contributed by atoms with Crippen molar-refractivity contribution in [1.82, 2.24) is 16.0 Å². The van der Waals surface area contributed by atoms with E-state index >= 15 is 0 Å². The van der Waals surface area contributed by atoms with E-state index in [0.29, 0.717) is 0 Å². The van der Waals surface area contributed by atoms with Gasteiger partial charge in [-0.2, -0.15) is 0 Å². The van der Waals surface area contributed by atoms with Crippen LogP contribution in [0, 0.1) is 17.8 Å². The number of aliphatic hydroxyl groups is 1. The molecular formula is C41H49N3O9. The standard InChI is InChI=1S/C41H49N3O9/c1-6-52-37(49)40(25-31(45)34-29(35(34)40)24-33(47)51-5)44-36(48)30(42-38(50)53-39(2,3)4)22-23-32(46)43-41(26-16-10-7-11-17-26,27-18-12-8-13-19-27)28-20-14-9-15-21-28/h7-21,29-31,34-35,45H,6,22-25H2,1-5H3,(H,42,50)(H,43,46)(H,44,48)/t29-,30-,31-,34+,35+,40-/m0/s1. The van der Waals surface area contributed by atoms with Gasteiger partial charge in [-0.15, -0.1) is 0 Å². The minimum atomic E-state index is -1.67. The second-order valence-corrected chi connectivity index (χ2v) is 14.6. The largest absolute Gasteiger partial charge is 0.469 e. The number of hydrogen-bond donors (Lipinski definition) is 4. The minimum absolute atomic E-state index is 0.0113. The third kappa shape index (κ3) is 8.54. The highest BCUT2D eigenvalue weighted by atomic mass is 16.6. The minimum Gasteiger partial charge on any atom is -0.469 e.